The first-order valence-corrected chi connectivity index (χ1v) is 14.9. The molecule has 0 saturated heterocycles. The van der Waals surface area contributed by atoms with Gasteiger partial charge in [-0.15, -0.1) is 11.3 Å². The van der Waals surface area contributed by atoms with Gasteiger partial charge in [-0.25, -0.2) is 0 Å². The van der Waals surface area contributed by atoms with E-state index in [1.807, 2.05) is 37.3 Å². The number of aliphatic hydroxyl groups is 2. The highest BCUT2D eigenvalue weighted by Crippen LogP contribution is 2.48. The maximum Gasteiger partial charge on any atom is 0.268 e. The lowest BCUT2D eigenvalue weighted by Crippen LogP contribution is -2.36. The van der Waals surface area contributed by atoms with Gasteiger partial charge in [-0.2, -0.15) is 4.98 Å². The molecule has 1 aliphatic carbocycles. The molecule has 0 fully saturated rings. The molecule has 8 nitrogen and oxygen atoms in total. The Hall–Kier alpha value is -2.75. The number of rotatable bonds is 12. The topological polar surface area (TPSA) is 118 Å². The first kappa shape index (κ1) is 29.2. The van der Waals surface area contributed by atoms with E-state index in [4.69, 9.17) is 19.4 Å². The van der Waals surface area contributed by atoms with Crippen molar-refractivity contribution in [2.45, 2.75) is 85.7 Å². The number of aryl methyl sites for hydroxylation is 3. The van der Waals surface area contributed by atoms with Crippen LogP contribution in [0.15, 0.2) is 16.7 Å². The first-order chi connectivity index (χ1) is 18.8. The summed E-state index contributed by atoms with van der Waals surface area (Å²) in [5.74, 6) is 1.31. The number of thiophene rings is 1. The second kappa shape index (κ2) is 12.6. The summed E-state index contributed by atoms with van der Waals surface area (Å²) in [7, 11) is 0. The molecule has 2 heterocycles. The Balaban J connectivity index is 1.56. The maximum atomic E-state index is 11.2. The number of amides is 1. The maximum absolute atomic E-state index is 11.2. The Morgan fingerprint density at radius 3 is 2.64 bits per heavy atom. The van der Waals surface area contributed by atoms with Crippen molar-refractivity contribution in [3.05, 3.63) is 39.3 Å². The minimum Gasteiger partial charge on any atom is -0.490 e. The van der Waals surface area contributed by atoms with Crippen molar-refractivity contribution in [2.75, 3.05) is 19.8 Å². The lowest BCUT2D eigenvalue weighted by molar-refractivity contribution is -0.124. The molecule has 9 heteroatoms. The van der Waals surface area contributed by atoms with Gasteiger partial charge in [-0.05, 0) is 78.8 Å². The van der Waals surface area contributed by atoms with Gasteiger partial charge in [-0.1, -0.05) is 45.7 Å². The standard InChI is InChI=1S/C30H41N3O5S/c1-6-19-13-20(12-18(5)26(19)37-17-21(35)15-31-25(36)16-34)28-32-29(38-33-28)27-22-10-11-30(8-3,9-4)14-23(22)24(7-2)39-27/h12-13,21,34-35H,6-11,14-17H2,1-5H3,(H,31,36)/t21-/m0/s1. The van der Waals surface area contributed by atoms with E-state index in [0.29, 0.717) is 22.9 Å². The van der Waals surface area contributed by atoms with Crippen LogP contribution in [0.4, 0.5) is 0 Å². The van der Waals surface area contributed by atoms with E-state index in [0.717, 1.165) is 47.3 Å². The van der Waals surface area contributed by atoms with Crippen LogP contribution in [0.2, 0.25) is 0 Å². The molecular formula is C30H41N3O5S. The number of aliphatic hydroxyl groups excluding tert-OH is 2. The summed E-state index contributed by atoms with van der Waals surface area (Å²) in [6.45, 7) is 10.3. The number of carbonyl (C=O) groups excluding carboxylic acids is 1. The molecular weight excluding hydrogens is 514 g/mol. The zero-order valence-electron chi connectivity index (χ0n) is 23.7. The molecule has 3 aromatic rings. The molecule has 0 aliphatic heterocycles. The zero-order chi connectivity index (χ0) is 28.2. The second-order valence-electron chi connectivity index (χ2n) is 10.5. The summed E-state index contributed by atoms with van der Waals surface area (Å²) in [5, 5.41) is 25.8. The molecule has 1 aromatic carbocycles. The van der Waals surface area contributed by atoms with E-state index in [2.05, 4.69) is 31.2 Å². The Kier molecular flexibility index (Phi) is 9.46. The van der Waals surface area contributed by atoms with E-state index >= 15 is 0 Å². The molecule has 0 spiro atoms. The summed E-state index contributed by atoms with van der Waals surface area (Å²) < 4.78 is 11.8. The Labute approximate surface area is 234 Å². The molecule has 0 saturated carbocycles. The van der Waals surface area contributed by atoms with Gasteiger partial charge in [0.05, 0.1) is 4.88 Å². The third kappa shape index (κ3) is 6.21. The molecule has 212 valence electrons. The Morgan fingerprint density at radius 2 is 1.97 bits per heavy atom. The van der Waals surface area contributed by atoms with Crippen LogP contribution in [0.5, 0.6) is 5.75 Å². The van der Waals surface area contributed by atoms with Crippen LogP contribution in [0.3, 0.4) is 0 Å². The SMILES string of the molecule is CCc1cc(-c2noc(-c3sc(CC)c4c3CCC(CC)(CC)C4)n2)cc(C)c1OC[C@@H](O)CNC(=O)CO. The van der Waals surface area contributed by atoms with Crippen molar-refractivity contribution in [3.63, 3.8) is 0 Å². The minimum absolute atomic E-state index is 0.00760. The van der Waals surface area contributed by atoms with Gasteiger partial charge in [0.15, 0.2) is 0 Å². The van der Waals surface area contributed by atoms with Crippen LogP contribution >= 0.6 is 11.3 Å². The number of nitrogens with one attached hydrogen (secondary N) is 1. The number of ether oxygens (including phenoxy) is 1. The summed E-state index contributed by atoms with van der Waals surface area (Å²) in [6.07, 6.45) is 6.65. The van der Waals surface area contributed by atoms with E-state index in [1.165, 1.54) is 35.3 Å². The van der Waals surface area contributed by atoms with Crippen molar-refractivity contribution >= 4 is 17.2 Å². The van der Waals surface area contributed by atoms with Gasteiger partial charge in [0, 0.05) is 17.0 Å². The Bertz CT molecular complexity index is 1290. The van der Waals surface area contributed by atoms with E-state index in [-0.39, 0.29) is 13.2 Å². The number of benzene rings is 1. The fraction of sp³-hybridized carbons (Fsp3) is 0.567. The van der Waals surface area contributed by atoms with Gasteiger partial charge in [0.1, 0.15) is 25.1 Å². The molecule has 0 radical (unpaired) electrons. The lowest BCUT2D eigenvalue weighted by atomic mass is 9.68. The number of aromatic nitrogens is 2. The zero-order valence-corrected chi connectivity index (χ0v) is 24.5. The first-order valence-electron chi connectivity index (χ1n) is 14.1. The average molecular weight is 556 g/mol. The van der Waals surface area contributed by atoms with Gasteiger partial charge < -0.3 is 24.8 Å². The lowest BCUT2D eigenvalue weighted by Gasteiger charge is -2.36. The number of carbonyl (C=O) groups is 1. The van der Waals surface area contributed by atoms with E-state index < -0.39 is 18.6 Å². The van der Waals surface area contributed by atoms with Gasteiger partial charge >= 0.3 is 0 Å². The molecule has 39 heavy (non-hydrogen) atoms. The summed E-state index contributed by atoms with van der Waals surface area (Å²) in [5.41, 5.74) is 6.04. The van der Waals surface area contributed by atoms with Crippen LogP contribution < -0.4 is 10.1 Å². The third-order valence-corrected chi connectivity index (χ3v) is 9.59. The monoisotopic (exact) mass is 555 g/mol. The van der Waals surface area contributed by atoms with Crippen LogP contribution in [0.25, 0.3) is 22.2 Å². The molecule has 3 N–H and O–H groups in total. The van der Waals surface area contributed by atoms with Crippen LogP contribution in [-0.2, 0) is 30.5 Å². The number of hydrogen-bond donors (Lipinski definition) is 3. The summed E-state index contributed by atoms with van der Waals surface area (Å²) in [4.78, 5) is 18.6. The number of nitrogens with zero attached hydrogens (tertiary/aromatic N) is 2. The molecule has 1 atom stereocenters. The van der Waals surface area contributed by atoms with Gasteiger partial charge in [0.2, 0.25) is 11.7 Å². The smallest absolute Gasteiger partial charge is 0.268 e. The van der Waals surface area contributed by atoms with E-state index in [1.54, 1.807) is 0 Å². The highest BCUT2D eigenvalue weighted by atomic mass is 32.1. The van der Waals surface area contributed by atoms with Crippen LogP contribution in [0, 0.1) is 12.3 Å². The normalized spacial score (nSPS) is 15.2. The van der Waals surface area contributed by atoms with Crippen molar-refractivity contribution < 1.29 is 24.3 Å². The summed E-state index contributed by atoms with van der Waals surface area (Å²) >= 11 is 1.81. The molecule has 0 unspecified atom stereocenters. The van der Waals surface area contributed by atoms with Crippen molar-refractivity contribution in [1.82, 2.24) is 15.5 Å². The van der Waals surface area contributed by atoms with Gasteiger partial charge in [0.25, 0.3) is 5.89 Å². The predicted molar refractivity (Wildman–Crippen MR) is 153 cm³/mol. The van der Waals surface area contributed by atoms with Crippen LogP contribution in [0.1, 0.15) is 74.1 Å². The highest BCUT2D eigenvalue weighted by molar-refractivity contribution is 7.15. The van der Waals surface area contributed by atoms with Crippen molar-refractivity contribution in [1.29, 1.82) is 0 Å². The Morgan fingerprint density at radius 1 is 1.21 bits per heavy atom. The molecule has 1 aliphatic rings. The largest absolute Gasteiger partial charge is 0.490 e. The predicted octanol–water partition coefficient (Wildman–Crippen LogP) is 5.04. The quantitative estimate of drug-likeness (QED) is 0.287. The molecule has 2 aromatic heterocycles. The summed E-state index contributed by atoms with van der Waals surface area (Å²) in [6, 6.07) is 3.98. The number of fused-ring (bicyclic) bond motifs is 1. The van der Waals surface area contributed by atoms with Crippen molar-refractivity contribution in [3.8, 4) is 27.9 Å². The number of hydrogen-bond acceptors (Lipinski definition) is 8. The average Bonchev–Trinajstić information content (AvgIpc) is 3.59. The fourth-order valence-electron chi connectivity index (χ4n) is 5.59. The molecule has 0 bridgehead atoms. The van der Waals surface area contributed by atoms with E-state index in [9.17, 15) is 9.90 Å². The second-order valence-corrected chi connectivity index (χ2v) is 11.6. The minimum atomic E-state index is -0.895. The fourth-order valence-corrected chi connectivity index (χ4v) is 6.82. The highest BCUT2D eigenvalue weighted by Gasteiger charge is 2.35. The van der Waals surface area contributed by atoms with Gasteiger partial charge in [-0.3, -0.25) is 4.79 Å². The van der Waals surface area contributed by atoms with Crippen molar-refractivity contribution in [2.24, 2.45) is 5.41 Å². The third-order valence-electron chi connectivity index (χ3n) is 8.19. The van der Waals surface area contributed by atoms with Crippen LogP contribution in [-0.4, -0.2) is 52.1 Å². The molecule has 4 rings (SSSR count). The molecule has 1 amide bonds.